The summed E-state index contributed by atoms with van der Waals surface area (Å²) in [5, 5.41) is 13.6. The topological polar surface area (TPSA) is 49.3 Å². The molecule has 0 bridgehead atoms. The summed E-state index contributed by atoms with van der Waals surface area (Å²) in [6, 6.07) is 5.07. The monoisotopic (exact) mass is 439 g/mol. The molecule has 1 unspecified atom stereocenters. The number of hydrogen-bond donors (Lipinski definition) is 2. The van der Waals surface area contributed by atoms with Crippen LogP contribution in [-0.2, 0) is 0 Å². The van der Waals surface area contributed by atoms with Crippen LogP contribution in [0.15, 0.2) is 18.2 Å². The first-order valence-corrected chi connectivity index (χ1v) is 8.31. The Kier molecular flexibility index (Phi) is 6.11. The van der Waals surface area contributed by atoms with Gasteiger partial charge in [-0.3, -0.25) is 4.79 Å². The first-order valence-electron chi connectivity index (χ1n) is 6.11. The van der Waals surface area contributed by atoms with Gasteiger partial charge in [0.2, 0.25) is 0 Å². The number of phenols is 1. The lowest BCUT2D eigenvalue weighted by atomic mass is 9.85. The second-order valence-electron chi connectivity index (χ2n) is 5.53. The smallest absolute Gasteiger partial charge is 0.255 e. The van der Waals surface area contributed by atoms with Gasteiger partial charge in [0.1, 0.15) is 5.75 Å². The SMILES string of the molecule is CC(C)(C)C(CCBr)NC(=O)c1cc(I)ccc1O. The molecular weight excluding hydrogens is 421 g/mol. The minimum Gasteiger partial charge on any atom is -0.507 e. The van der Waals surface area contributed by atoms with Crippen LogP contribution < -0.4 is 5.32 Å². The number of carbonyl (C=O) groups excluding carboxylic acids is 1. The Bertz CT molecular complexity index is 457. The van der Waals surface area contributed by atoms with E-state index in [2.05, 4.69) is 64.6 Å². The van der Waals surface area contributed by atoms with Crippen molar-refractivity contribution in [3.8, 4) is 5.75 Å². The number of phenolic OH excluding ortho intramolecular Hbond substituents is 1. The molecule has 1 amide bonds. The van der Waals surface area contributed by atoms with Crippen LogP contribution in [0.2, 0.25) is 0 Å². The van der Waals surface area contributed by atoms with E-state index in [4.69, 9.17) is 0 Å². The zero-order valence-corrected chi connectivity index (χ0v) is 15.1. The summed E-state index contributed by atoms with van der Waals surface area (Å²) in [6.45, 7) is 6.28. The van der Waals surface area contributed by atoms with E-state index in [1.165, 1.54) is 0 Å². The highest BCUT2D eigenvalue weighted by atomic mass is 127. The standard InChI is InChI=1S/C14H19BrINO2/c1-14(2,3)12(6-7-15)17-13(19)10-8-9(16)4-5-11(10)18/h4-5,8,12,18H,6-7H2,1-3H3,(H,17,19). The molecule has 106 valence electrons. The number of alkyl halides is 1. The van der Waals surface area contributed by atoms with E-state index in [0.29, 0.717) is 5.56 Å². The molecule has 0 saturated heterocycles. The fourth-order valence-electron chi connectivity index (χ4n) is 1.76. The van der Waals surface area contributed by atoms with Crippen LogP contribution in [0.5, 0.6) is 5.75 Å². The zero-order chi connectivity index (χ0) is 14.6. The highest BCUT2D eigenvalue weighted by molar-refractivity contribution is 14.1. The Morgan fingerprint density at radius 3 is 2.63 bits per heavy atom. The first-order chi connectivity index (χ1) is 8.75. The highest BCUT2D eigenvalue weighted by Crippen LogP contribution is 2.25. The molecule has 1 atom stereocenters. The van der Waals surface area contributed by atoms with E-state index in [0.717, 1.165) is 15.3 Å². The highest BCUT2D eigenvalue weighted by Gasteiger charge is 2.26. The maximum atomic E-state index is 12.3. The summed E-state index contributed by atoms with van der Waals surface area (Å²) in [5.74, 6) is -0.207. The van der Waals surface area contributed by atoms with Crippen molar-refractivity contribution >= 4 is 44.4 Å². The Morgan fingerprint density at radius 1 is 1.47 bits per heavy atom. The number of nitrogens with one attached hydrogen (secondary N) is 1. The van der Waals surface area contributed by atoms with Crippen LogP contribution in [-0.4, -0.2) is 22.4 Å². The Balaban J connectivity index is 2.91. The predicted octanol–water partition coefficient (Wildman–Crippen LogP) is 3.93. The second kappa shape index (κ2) is 6.92. The van der Waals surface area contributed by atoms with E-state index in [-0.39, 0.29) is 23.1 Å². The number of hydrogen-bond acceptors (Lipinski definition) is 2. The van der Waals surface area contributed by atoms with Crippen molar-refractivity contribution < 1.29 is 9.90 Å². The van der Waals surface area contributed by atoms with E-state index >= 15 is 0 Å². The molecule has 19 heavy (non-hydrogen) atoms. The van der Waals surface area contributed by atoms with E-state index in [9.17, 15) is 9.90 Å². The number of benzene rings is 1. The maximum absolute atomic E-state index is 12.3. The third-order valence-corrected chi connectivity index (χ3v) is 4.08. The lowest BCUT2D eigenvalue weighted by molar-refractivity contribution is 0.0898. The maximum Gasteiger partial charge on any atom is 0.255 e. The molecule has 0 fully saturated rings. The number of halogens is 2. The van der Waals surface area contributed by atoms with Crippen LogP contribution in [0, 0.1) is 8.99 Å². The lowest BCUT2D eigenvalue weighted by Crippen LogP contribution is -2.44. The van der Waals surface area contributed by atoms with Crippen molar-refractivity contribution in [2.24, 2.45) is 5.41 Å². The normalized spacial score (nSPS) is 13.1. The van der Waals surface area contributed by atoms with Gasteiger partial charge in [-0.05, 0) is 52.6 Å². The molecule has 0 aliphatic heterocycles. The summed E-state index contributed by atoms with van der Waals surface area (Å²) in [4.78, 5) is 12.3. The van der Waals surface area contributed by atoms with Crippen LogP contribution in [0.25, 0.3) is 0 Å². The molecule has 0 aliphatic rings. The van der Waals surface area contributed by atoms with Gasteiger partial charge in [-0.1, -0.05) is 36.7 Å². The number of carbonyl (C=O) groups is 1. The molecule has 3 nitrogen and oxygen atoms in total. The van der Waals surface area contributed by atoms with Gasteiger partial charge < -0.3 is 10.4 Å². The van der Waals surface area contributed by atoms with Crippen molar-refractivity contribution in [1.82, 2.24) is 5.32 Å². The van der Waals surface area contributed by atoms with Crippen LogP contribution in [0.4, 0.5) is 0 Å². The van der Waals surface area contributed by atoms with Gasteiger partial charge in [0.25, 0.3) is 5.91 Å². The van der Waals surface area contributed by atoms with Crippen LogP contribution in [0.3, 0.4) is 0 Å². The number of aromatic hydroxyl groups is 1. The van der Waals surface area contributed by atoms with Gasteiger partial charge in [0, 0.05) is 14.9 Å². The van der Waals surface area contributed by atoms with Crippen LogP contribution in [0.1, 0.15) is 37.6 Å². The average Bonchev–Trinajstić information content (AvgIpc) is 2.30. The van der Waals surface area contributed by atoms with Crippen molar-refractivity contribution in [3.05, 3.63) is 27.3 Å². The Hall–Kier alpha value is -0.300. The summed E-state index contributed by atoms with van der Waals surface area (Å²) < 4.78 is 0.924. The fraction of sp³-hybridized carbons (Fsp3) is 0.500. The summed E-state index contributed by atoms with van der Waals surface area (Å²) in [6.07, 6.45) is 0.847. The molecule has 0 aromatic heterocycles. The van der Waals surface area contributed by atoms with Crippen molar-refractivity contribution in [2.45, 2.75) is 33.2 Å². The molecule has 0 radical (unpaired) electrons. The van der Waals surface area contributed by atoms with Gasteiger partial charge >= 0.3 is 0 Å². The summed E-state index contributed by atoms with van der Waals surface area (Å²) >= 11 is 5.54. The largest absolute Gasteiger partial charge is 0.507 e. The molecule has 0 heterocycles. The van der Waals surface area contributed by atoms with E-state index in [1.54, 1.807) is 18.2 Å². The van der Waals surface area contributed by atoms with Crippen molar-refractivity contribution in [3.63, 3.8) is 0 Å². The van der Waals surface area contributed by atoms with Crippen molar-refractivity contribution in [2.75, 3.05) is 5.33 Å². The molecule has 1 rings (SSSR count). The van der Waals surface area contributed by atoms with Crippen LogP contribution >= 0.6 is 38.5 Å². The lowest BCUT2D eigenvalue weighted by Gasteiger charge is -2.31. The fourth-order valence-corrected chi connectivity index (χ4v) is 2.71. The molecule has 2 N–H and O–H groups in total. The van der Waals surface area contributed by atoms with E-state index in [1.807, 2.05) is 0 Å². The first kappa shape index (κ1) is 16.8. The molecule has 5 heteroatoms. The van der Waals surface area contributed by atoms with Gasteiger partial charge in [-0.2, -0.15) is 0 Å². The molecule has 0 spiro atoms. The van der Waals surface area contributed by atoms with Gasteiger partial charge in [0.15, 0.2) is 0 Å². The van der Waals surface area contributed by atoms with Gasteiger partial charge in [-0.15, -0.1) is 0 Å². The third-order valence-electron chi connectivity index (χ3n) is 2.95. The molecular formula is C14H19BrINO2. The third kappa shape index (κ3) is 4.95. The van der Waals surface area contributed by atoms with Gasteiger partial charge in [-0.25, -0.2) is 0 Å². The Morgan fingerprint density at radius 2 is 2.11 bits per heavy atom. The quantitative estimate of drug-likeness (QED) is 0.551. The number of amides is 1. The molecule has 1 aromatic carbocycles. The molecule has 0 aliphatic carbocycles. The number of rotatable bonds is 4. The molecule has 1 aromatic rings. The van der Waals surface area contributed by atoms with Crippen molar-refractivity contribution in [1.29, 1.82) is 0 Å². The average molecular weight is 440 g/mol. The zero-order valence-electron chi connectivity index (χ0n) is 11.3. The summed E-state index contributed by atoms with van der Waals surface area (Å²) in [7, 11) is 0. The molecule has 0 saturated carbocycles. The Labute approximate surface area is 136 Å². The summed E-state index contributed by atoms with van der Waals surface area (Å²) in [5.41, 5.74) is 0.303. The van der Waals surface area contributed by atoms with Gasteiger partial charge in [0.05, 0.1) is 5.56 Å². The minimum atomic E-state index is -0.225. The predicted molar refractivity (Wildman–Crippen MR) is 89.9 cm³/mol. The second-order valence-corrected chi connectivity index (χ2v) is 7.57. The van der Waals surface area contributed by atoms with E-state index < -0.39 is 0 Å². The minimum absolute atomic E-state index is 0.0180.